The number of hydrogen-bond acceptors (Lipinski definition) is 7. The van der Waals surface area contributed by atoms with Crippen molar-refractivity contribution >= 4 is 11.7 Å². The van der Waals surface area contributed by atoms with Gasteiger partial charge in [-0.2, -0.15) is 13.2 Å². The first-order valence-corrected chi connectivity index (χ1v) is 12.2. The zero-order valence-corrected chi connectivity index (χ0v) is 21.3. The Morgan fingerprint density at radius 3 is 2.40 bits per heavy atom. The van der Waals surface area contributed by atoms with E-state index in [4.69, 9.17) is 4.42 Å². The molecule has 0 radical (unpaired) electrons. The van der Waals surface area contributed by atoms with Gasteiger partial charge in [-0.05, 0) is 44.9 Å². The van der Waals surface area contributed by atoms with Crippen LogP contribution in [0.5, 0.6) is 0 Å². The van der Waals surface area contributed by atoms with E-state index in [1.165, 1.54) is 23.2 Å². The first-order chi connectivity index (χ1) is 19.0. The van der Waals surface area contributed by atoms with Crippen LogP contribution in [-0.2, 0) is 6.18 Å². The van der Waals surface area contributed by atoms with Gasteiger partial charge in [0.05, 0.1) is 23.1 Å². The van der Waals surface area contributed by atoms with E-state index in [0.717, 1.165) is 18.3 Å². The second-order valence-corrected chi connectivity index (χ2v) is 9.20. The average molecular weight is 559 g/mol. The number of carbonyl (C=O) groups is 1. The SMILES string of the molecule is Cc1nc(C)c(-c2ncc(-c3ccnc(C(F)(F)F)n3)o2)c(C2CCN(C(=O)Nc3c(F)cccc3F)CC2)n1. The lowest BCUT2D eigenvalue weighted by atomic mass is 9.90. The van der Waals surface area contributed by atoms with E-state index in [1.54, 1.807) is 13.8 Å². The average Bonchev–Trinajstić information content (AvgIpc) is 3.40. The summed E-state index contributed by atoms with van der Waals surface area (Å²) < 4.78 is 73.0. The Balaban J connectivity index is 1.37. The quantitative estimate of drug-likeness (QED) is 0.310. The molecule has 1 aliphatic rings. The van der Waals surface area contributed by atoms with Crippen LogP contribution in [0.2, 0.25) is 0 Å². The molecule has 0 saturated carbocycles. The molecule has 208 valence electrons. The number of aromatic nitrogens is 5. The van der Waals surface area contributed by atoms with Crippen molar-refractivity contribution in [3.05, 3.63) is 71.3 Å². The lowest BCUT2D eigenvalue weighted by Crippen LogP contribution is -2.41. The molecule has 1 aromatic carbocycles. The Morgan fingerprint density at radius 2 is 1.73 bits per heavy atom. The number of rotatable bonds is 4. The predicted octanol–water partition coefficient (Wildman–Crippen LogP) is 5.91. The van der Waals surface area contributed by atoms with Crippen LogP contribution in [0.1, 0.15) is 41.8 Å². The minimum Gasteiger partial charge on any atom is -0.434 e. The Labute approximate surface area is 224 Å². The molecule has 4 aromatic rings. The number of anilines is 1. The highest BCUT2D eigenvalue weighted by Crippen LogP contribution is 2.37. The minimum absolute atomic E-state index is 0.0145. The maximum Gasteiger partial charge on any atom is 0.451 e. The molecule has 3 aromatic heterocycles. The predicted molar refractivity (Wildman–Crippen MR) is 132 cm³/mol. The Bertz CT molecular complexity index is 1550. The molecule has 0 atom stereocenters. The van der Waals surface area contributed by atoms with Gasteiger partial charge in [0, 0.05) is 25.2 Å². The highest BCUT2D eigenvalue weighted by atomic mass is 19.4. The summed E-state index contributed by atoms with van der Waals surface area (Å²) in [6.45, 7) is 4.04. The number of para-hydroxylation sites is 1. The molecule has 0 spiro atoms. The number of alkyl halides is 3. The highest BCUT2D eigenvalue weighted by Gasteiger charge is 2.35. The second-order valence-electron chi connectivity index (χ2n) is 9.20. The topological polar surface area (TPSA) is 110 Å². The van der Waals surface area contributed by atoms with Crippen molar-refractivity contribution in [3.8, 4) is 22.9 Å². The number of urea groups is 1. The molecule has 9 nitrogen and oxygen atoms in total. The number of halogens is 5. The second kappa shape index (κ2) is 10.6. The smallest absolute Gasteiger partial charge is 0.434 e. The summed E-state index contributed by atoms with van der Waals surface area (Å²) in [4.78, 5) is 34.3. The van der Waals surface area contributed by atoms with Crippen molar-refractivity contribution in [3.63, 3.8) is 0 Å². The van der Waals surface area contributed by atoms with E-state index in [9.17, 15) is 26.7 Å². The summed E-state index contributed by atoms with van der Waals surface area (Å²) in [6.07, 6.45) is -1.50. The molecule has 1 fully saturated rings. The number of carbonyl (C=O) groups excluding carboxylic acids is 1. The molecular formula is C26H22F5N7O2. The normalized spacial score (nSPS) is 14.4. The van der Waals surface area contributed by atoms with Gasteiger partial charge >= 0.3 is 12.2 Å². The maximum atomic E-state index is 14.0. The molecule has 4 heterocycles. The number of benzene rings is 1. The van der Waals surface area contributed by atoms with Gasteiger partial charge < -0.3 is 14.6 Å². The van der Waals surface area contributed by atoms with Crippen LogP contribution >= 0.6 is 0 Å². The van der Waals surface area contributed by atoms with Crippen molar-refractivity contribution in [2.75, 3.05) is 18.4 Å². The summed E-state index contributed by atoms with van der Waals surface area (Å²) in [6, 6.07) is 3.98. The fourth-order valence-electron chi connectivity index (χ4n) is 4.60. The summed E-state index contributed by atoms with van der Waals surface area (Å²) in [7, 11) is 0. The number of nitrogens with zero attached hydrogens (tertiary/aromatic N) is 6. The van der Waals surface area contributed by atoms with Crippen LogP contribution < -0.4 is 5.32 Å². The van der Waals surface area contributed by atoms with Gasteiger partial charge in [-0.25, -0.2) is 38.5 Å². The standard InChI is InChI=1S/C26H22F5N7O2/c1-13-20(23-33-12-19(40-23)18-6-9-32-24(36-18)26(29,30)31)21(35-14(2)34-13)15-7-10-38(11-8-15)25(39)37-22-16(27)4-3-5-17(22)28/h3-6,9,12,15H,7-8,10-11H2,1-2H3,(H,37,39). The van der Waals surface area contributed by atoms with E-state index in [-0.39, 0.29) is 36.4 Å². The molecule has 1 saturated heterocycles. The largest absolute Gasteiger partial charge is 0.451 e. The first kappa shape index (κ1) is 27.1. The number of oxazole rings is 1. The van der Waals surface area contributed by atoms with Crippen molar-refractivity contribution in [2.45, 2.75) is 38.8 Å². The monoisotopic (exact) mass is 559 g/mol. The first-order valence-electron chi connectivity index (χ1n) is 12.2. The molecule has 1 aliphatic heterocycles. The summed E-state index contributed by atoms with van der Waals surface area (Å²) >= 11 is 0. The minimum atomic E-state index is -4.72. The van der Waals surface area contributed by atoms with Crippen molar-refractivity contribution in [2.24, 2.45) is 0 Å². The third-order valence-electron chi connectivity index (χ3n) is 6.47. The number of likely N-dealkylation sites (tertiary alicyclic amines) is 1. The number of nitrogens with one attached hydrogen (secondary N) is 1. The highest BCUT2D eigenvalue weighted by molar-refractivity contribution is 5.89. The van der Waals surface area contributed by atoms with Gasteiger partial charge in [0.2, 0.25) is 11.7 Å². The number of amides is 2. The van der Waals surface area contributed by atoms with Gasteiger partial charge in [0.25, 0.3) is 0 Å². The molecule has 1 N–H and O–H groups in total. The van der Waals surface area contributed by atoms with Gasteiger partial charge in [-0.15, -0.1) is 0 Å². The van der Waals surface area contributed by atoms with Crippen molar-refractivity contribution in [1.29, 1.82) is 0 Å². The maximum absolute atomic E-state index is 14.0. The molecule has 5 rings (SSSR count). The third kappa shape index (κ3) is 5.46. The van der Waals surface area contributed by atoms with Crippen LogP contribution in [0.4, 0.5) is 32.4 Å². The van der Waals surface area contributed by atoms with Crippen LogP contribution in [-0.4, -0.2) is 48.9 Å². The molecule has 0 unspecified atom stereocenters. The van der Waals surface area contributed by atoms with Crippen LogP contribution in [0.25, 0.3) is 22.9 Å². The summed E-state index contributed by atoms with van der Waals surface area (Å²) in [5, 5.41) is 2.30. The fraction of sp³-hybridized carbons (Fsp3) is 0.308. The van der Waals surface area contributed by atoms with Crippen LogP contribution in [0, 0.1) is 25.5 Å². The molecule has 0 bridgehead atoms. The molecular weight excluding hydrogens is 537 g/mol. The Hall–Kier alpha value is -4.49. The zero-order chi connectivity index (χ0) is 28.6. The van der Waals surface area contributed by atoms with E-state index in [0.29, 0.717) is 35.6 Å². The van der Waals surface area contributed by atoms with Gasteiger partial charge in [-0.3, -0.25) is 0 Å². The summed E-state index contributed by atoms with van der Waals surface area (Å²) in [5.74, 6) is -2.55. The number of piperidine rings is 1. The number of aryl methyl sites for hydroxylation is 2. The Morgan fingerprint density at radius 1 is 1.02 bits per heavy atom. The molecule has 14 heteroatoms. The van der Waals surface area contributed by atoms with Gasteiger partial charge in [-0.1, -0.05) is 6.07 Å². The zero-order valence-electron chi connectivity index (χ0n) is 21.3. The van der Waals surface area contributed by atoms with Crippen LogP contribution in [0.15, 0.2) is 41.1 Å². The van der Waals surface area contributed by atoms with E-state index in [2.05, 4.69) is 30.2 Å². The number of hydrogen-bond donors (Lipinski definition) is 1. The van der Waals surface area contributed by atoms with Gasteiger partial charge in [0.1, 0.15) is 28.8 Å². The summed E-state index contributed by atoms with van der Waals surface area (Å²) in [5.41, 5.74) is 1.09. The lowest BCUT2D eigenvalue weighted by molar-refractivity contribution is -0.144. The Kier molecular flexibility index (Phi) is 7.17. The molecule has 2 amide bonds. The van der Waals surface area contributed by atoms with E-state index in [1.807, 2.05) is 0 Å². The van der Waals surface area contributed by atoms with Gasteiger partial charge in [0.15, 0.2) is 5.76 Å². The fourth-order valence-corrected chi connectivity index (χ4v) is 4.60. The molecule has 0 aliphatic carbocycles. The van der Waals surface area contributed by atoms with Crippen LogP contribution in [0.3, 0.4) is 0 Å². The molecule has 40 heavy (non-hydrogen) atoms. The van der Waals surface area contributed by atoms with Crippen molar-refractivity contribution < 1.29 is 31.2 Å². The van der Waals surface area contributed by atoms with Crippen molar-refractivity contribution in [1.82, 2.24) is 29.8 Å². The lowest BCUT2D eigenvalue weighted by Gasteiger charge is -2.32. The third-order valence-corrected chi connectivity index (χ3v) is 6.47. The van der Waals surface area contributed by atoms with E-state index < -0.39 is 35.4 Å². The van der Waals surface area contributed by atoms with E-state index >= 15 is 0 Å².